The van der Waals surface area contributed by atoms with Gasteiger partial charge in [0.2, 0.25) is 5.91 Å². The fourth-order valence-corrected chi connectivity index (χ4v) is 3.14. The largest absolute Gasteiger partial charge is 0.343 e. The maximum absolute atomic E-state index is 12.1. The number of hydrogen-bond acceptors (Lipinski definition) is 2. The summed E-state index contributed by atoms with van der Waals surface area (Å²) >= 11 is 0. The summed E-state index contributed by atoms with van der Waals surface area (Å²) in [5, 5.41) is 3.33. The maximum atomic E-state index is 12.1. The van der Waals surface area contributed by atoms with Gasteiger partial charge in [0.1, 0.15) is 0 Å². The van der Waals surface area contributed by atoms with Crippen LogP contribution in [-0.2, 0) is 4.79 Å². The van der Waals surface area contributed by atoms with Gasteiger partial charge in [0, 0.05) is 19.5 Å². The van der Waals surface area contributed by atoms with Gasteiger partial charge in [-0.25, -0.2) is 0 Å². The van der Waals surface area contributed by atoms with Gasteiger partial charge in [-0.05, 0) is 44.2 Å². The van der Waals surface area contributed by atoms with Crippen molar-refractivity contribution in [2.75, 3.05) is 26.2 Å². The Bertz CT molecular complexity index is 241. The second-order valence-electron chi connectivity index (χ2n) is 5.68. The SMILES string of the molecule is CCCC1CCN(C(=O)CC2CCNC2)CC1. The third-order valence-corrected chi connectivity index (χ3v) is 4.29. The number of carbonyl (C=O) groups excluding carboxylic acids is 1. The molecule has 0 aromatic carbocycles. The van der Waals surface area contributed by atoms with Gasteiger partial charge in [0.15, 0.2) is 0 Å². The summed E-state index contributed by atoms with van der Waals surface area (Å²) in [5.41, 5.74) is 0. The highest BCUT2D eigenvalue weighted by atomic mass is 16.2. The molecule has 0 aliphatic carbocycles. The van der Waals surface area contributed by atoms with Crippen molar-refractivity contribution in [3.05, 3.63) is 0 Å². The number of likely N-dealkylation sites (tertiary alicyclic amines) is 1. The van der Waals surface area contributed by atoms with Crippen molar-refractivity contribution in [3.63, 3.8) is 0 Å². The summed E-state index contributed by atoms with van der Waals surface area (Å²) in [6, 6.07) is 0. The molecule has 2 aliphatic rings. The third kappa shape index (κ3) is 3.70. The predicted molar refractivity (Wildman–Crippen MR) is 69.8 cm³/mol. The van der Waals surface area contributed by atoms with E-state index in [0.717, 1.165) is 38.5 Å². The molecular weight excluding hydrogens is 212 g/mol. The molecule has 1 amide bonds. The molecule has 2 aliphatic heterocycles. The zero-order valence-corrected chi connectivity index (χ0v) is 11.1. The fraction of sp³-hybridized carbons (Fsp3) is 0.929. The lowest BCUT2D eigenvalue weighted by Crippen LogP contribution is -2.39. The molecule has 0 radical (unpaired) electrons. The number of piperidine rings is 1. The van der Waals surface area contributed by atoms with Gasteiger partial charge in [-0.15, -0.1) is 0 Å². The van der Waals surface area contributed by atoms with Gasteiger partial charge in [0.05, 0.1) is 0 Å². The van der Waals surface area contributed by atoms with E-state index in [0.29, 0.717) is 11.8 Å². The van der Waals surface area contributed by atoms with Crippen LogP contribution in [0.5, 0.6) is 0 Å². The minimum Gasteiger partial charge on any atom is -0.343 e. The van der Waals surface area contributed by atoms with Crippen LogP contribution in [0.1, 0.15) is 45.4 Å². The molecule has 1 N–H and O–H groups in total. The predicted octanol–water partition coefficient (Wildman–Crippen LogP) is 2.02. The topological polar surface area (TPSA) is 32.3 Å². The summed E-state index contributed by atoms with van der Waals surface area (Å²) in [4.78, 5) is 14.2. The third-order valence-electron chi connectivity index (χ3n) is 4.29. The molecule has 2 fully saturated rings. The standard InChI is InChI=1S/C14H26N2O/c1-2-3-12-5-8-16(9-6-12)14(17)10-13-4-7-15-11-13/h12-13,15H,2-11H2,1H3. The number of carbonyl (C=O) groups is 1. The number of amides is 1. The van der Waals surface area contributed by atoms with E-state index in [-0.39, 0.29) is 0 Å². The van der Waals surface area contributed by atoms with Gasteiger partial charge in [0.25, 0.3) is 0 Å². The van der Waals surface area contributed by atoms with Crippen LogP contribution in [0.3, 0.4) is 0 Å². The molecule has 0 spiro atoms. The Morgan fingerprint density at radius 2 is 2.00 bits per heavy atom. The number of rotatable bonds is 4. The first-order valence-electron chi connectivity index (χ1n) is 7.28. The highest BCUT2D eigenvalue weighted by Gasteiger charge is 2.25. The first kappa shape index (κ1) is 12.9. The highest BCUT2D eigenvalue weighted by Crippen LogP contribution is 2.23. The van der Waals surface area contributed by atoms with Crippen molar-refractivity contribution in [2.45, 2.75) is 45.4 Å². The van der Waals surface area contributed by atoms with Crippen LogP contribution < -0.4 is 5.32 Å². The second-order valence-corrected chi connectivity index (χ2v) is 5.68. The van der Waals surface area contributed by atoms with Crippen molar-refractivity contribution in [1.29, 1.82) is 0 Å². The highest BCUT2D eigenvalue weighted by molar-refractivity contribution is 5.76. The molecule has 2 rings (SSSR count). The van der Waals surface area contributed by atoms with Crippen molar-refractivity contribution >= 4 is 5.91 Å². The Morgan fingerprint density at radius 1 is 1.24 bits per heavy atom. The number of nitrogens with one attached hydrogen (secondary N) is 1. The summed E-state index contributed by atoms with van der Waals surface area (Å²) in [5.74, 6) is 1.86. The lowest BCUT2D eigenvalue weighted by Gasteiger charge is -2.32. The Kier molecular flexibility index (Phi) is 4.84. The molecule has 3 nitrogen and oxygen atoms in total. The van der Waals surface area contributed by atoms with Crippen molar-refractivity contribution < 1.29 is 4.79 Å². The fourth-order valence-electron chi connectivity index (χ4n) is 3.14. The van der Waals surface area contributed by atoms with E-state index in [9.17, 15) is 4.79 Å². The average Bonchev–Trinajstić information content (AvgIpc) is 2.83. The molecule has 17 heavy (non-hydrogen) atoms. The van der Waals surface area contributed by atoms with E-state index in [1.807, 2.05) is 0 Å². The monoisotopic (exact) mass is 238 g/mol. The van der Waals surface area contributed by atoms with Crippen LogP contribution in [0.15, 0.2) is 0 Å². The van der Waals surface area contributed by atoms with Crippen LogP contribution in [0.4, 0.5) is 0 Å². The van der Waals surface area contributed by atoms with E-state index in [2.05, 4.69) is 17.1 Å². The molecular formula is C14H26N2O. The summed E-state index contributed by atoms with van der Waals surface area (Å²) in [6.45, 7) is 6.40. The molecule has 0 aromatic heterocycles. The Hall–Kier alpha value is -0.570. The van der Waals surface area contributed by atoms with Crippen LogP contribution in [0.25, 0.3) is 0 Å². The van der Waals surface area contributed by atoms with Crippen LogP contribution in [-0.4, -0.2) is 37.0 Å². The van der Waals surface area contributed by atoms with Crippen LogP contribution >= 0.6 is 0 Å². The van der Waals surface area contributed by atoms with Gasteiger partial charge in [-0.1, -0.05) is 19.8 Å². The Balaban J connectivity index is 1.70. The second kappa shape index (κ2) is 6.39. The lowest BCUT2D eigenvalue weighted by atomic mass is 9.92. The molecule has 0 bridgehead atoms. The van der Waals surface area contributed by atoms with E-state index in [1.54, 1.807) is 0 Å². The summed E-state index contributed by atoms with van der Waals surface area (Å²) < 4.78 is 0. The number of hydrogen-bond donors (Lipinski definition) is 1. The van der Waals surface area contributed by atoms with Crippen LogP contribution in [0, 0.1) is 11.8 Å². The molecule has 0 saturated carbocycles. The number of nitrogens with zero attached hydrogens (tertiary/aromatic N) is 1. The van der Waals surface area contributed by atoms with Gasteiger partial charge in [-0.2, -0.15) is 0 Å². The summed E-state index contributed by atoms with van der Waals surface area (Å²) in [7, 11) is 0. The van der Waals surface area contributed by atoms with Gasteiger partial charge < -0.3 is 10.2 Å². The zero-order valence-electron chi connectivity index (χ0n) is 11.1. The van der Waals surface area contributed by atoms with E-state index >= 15 is 0 Å². The summed E-state index contributed by atoms with van der Waals surface area (Å²) in [6.07, 6.45) is 7.02. The maximum Gasteiger partial charge on any atom is 0.222 e. The van der Waals surface area contributed by atoms with Crippen molar-refractivity contribution in [2.24, 2.45) is 11.8 Å². The van der Waals surface area contributed by atoms with Gasteiger partial charge in [-0.3, -0.25) is 4.79 Å². The Morgan fingerprint density at radius 3 is 2.59 bits per heavy atom. The molecule has 98 valence electrons. The van der Waals surface area contributed by atoms with Crippen LogP contribution in [0.2, 0.25) is 0 Å². The minimum atomic E-state index is 0.397. The quantitative estimate of drug-likeness (QED) is 0.812. The minimum absolute atomic E-state index is 0.397. The molecule has 2 saturated heterocycles. The smallest absolute Gasteiger partial charge is 0.222 e. The van der Waals surface area contributed by atoms with E-state index in [4.69, 9.17) is 0 Å². The van der Waals surface area contributed by atoms with Gasteiger partial charge >= 0.3 is 0 Å². The Labute approximate surface area is 105 Å². The molecule has 1 unspecified atom stereocenters. The molecule has 1 atom stereocenters. The zero-order chi connectivity index (χ0) is 12.1. The first-order valence-corrected chi connectivity index (χ1v) is 7.28. The normalized spacial score (nSPS) is 26.4. The lowest BCUT2D eigenvalue weighted by molar-refractivity contribution is -0.133. The average molecular weight is 238 g/mol. The first-order chi connectivity index (χ1) is 8.29. The van der Waals surface area contributed by atoms with E-state index in [1.165, 1.54) is 32.1 Å². The van der Waals surface area contributed by atoms with Crippen molar-refractivity contribution in [1.82, 2.24) is 10.2 Å². The van der Waals surface area contributed by atoms with Crippen molar-refractivity contribution in [3.8, 4) is 0 Å². The molecule has 0 aromatic rings. The van der Waals surface area contributed by atoms with E-state index < -0.39 is 0 Å². The molecule has 2 heterocycles. The molecule has 3 heteroatoms.